The van der Waals surface area contributed by atoms with Crippen LogP contribution >= 0.6 is 0 Å². The van der Waals surface area contributed by atoms with Gasteiger partial charge >= 0.3 is 0 Å². The van der Waals surface area contributed by atoms with Crippen LogP contribution in [0.1, 0.15) is 49.8 Å². The third-order valence-electron chi connectivity index (χ3n) is 7.84. The average Bonchev–Trinajstić information content (AvgIpc) is 3.22. The van der Waals surface area contributed by atoms with Crippen molar-refractivity contribution < 1.29 is 9.84 Å². The molecule has 1 N–H and O–H groups in total. The molecule has 0 amide bonds. The number of ether oxygens (including phenoxy) is 1. The first-order valence-electron chi connectivity index (χ1n) is 13.1. The van der Waals surface area contributed by atoms with Crippen molar-refractivity contribution in [3.05, 3.63) is 89.5 Å². The highest BCUT2D eigenvalue weighted by Crippen LogP contribution is 2.45. The smallest absolute Gasteiger partial charge is 0.219 e. The molecule has 37 heavy (non-hydrogen) atoms. The summed E-state index contributed by atoms with van der Waals surface area (Å²) in [5, 5.41) is 11.1. The van der Waals surface area contributed by atoms with Crippen LogP contribution in [0, 0.1) is 19.3 Å². The maximum Gasteiger partial charge on any atom is 0.219 e. The molecular formula is C32H33N3O2. The van der Waals surface area contributed by atoms with E-state index in [2.05, 4.69) is 67.9 Å². The van der Waals surface area contributed by atoms with Gasteiger partial charge in [-0.25, -0.2) is 4.98 Å². The standard InChI is InChI=1S/C32H33N3O2/c1-20-8-5-9-21(2)30(20)35-26-19-32(3,4)17-16-25(26)33-31(35)23-11-6-12-24(18-23)37-28-15-14-22-10-7-13-27(36)29(22)34-28/h5-15,18,25-26,36H,16-17,19H2,1-4H3/t25-,26-/m0/s1. The molecule has 1 saturated carbocycles. The first kappa shape index (κ1) is 23.5. The Bertz CT molecular complexity index is 1500. The van der Waals surface area contributed by atoms with Crippen molar-refractivity contribution in [2.45, 2.75) is 59.0 Å². The maximum atomic E-state index is 10.2. The molecule has 2 atom stereocenters. The van der Waals surface area contributed by atoms with E-state index >= 15 is 0 Å². The van der Waals surface area contributed by atoms with E-state index in [9.17, 15) is 5.11 Å². The minimum absolute atomic E-state index is 0.145. The highest BCUT2D eigenvalue weighted by atomic mass is 16.5. The van der Waals surface area contributed by atoms with Crippen LogP contribution in [0.4, 0.5) is 5.69 Å². The lowest BCUT2D eigenvalue weighted by atomic mass is 9.73. The molecule has 0 spiro atoms. The number of hydrogen-bond acceptors (Lipinski definition) is 5. The highest BCUT2D eigenvalue weighted by Gasteiger charge is 2.44. The number of pyridine rings is 1. The lowest BCUT2D eigenvalue weighted by molar-refractivity contribution is 0.209. The summed E-state index contributed by atoms with van der Waals surface area (Å²) in [5.41, 5.74) is 5.66. The Kier molecular flexibility index (Phi) is 5.67. The summed E-state index contributed by atoms with van der Waals surface area (Å²) >= 11 is 0. The van der Waals surface area contributed by atoms with Gasteiger partial charge in [0.05, 0.1) is 12.1 Å². The van der Waals surface area contributed by atoms with Crippen LogP contribution in [-0.4, -0.2) is 28.0 Å². The van der Waals surface area contributed by atoms with Crippen LogP contribution in [0.15, 0.2) is 77.8 Å². The van der Waals surface area contributed by atoms with E-state index in [1.54, 1.807) is 6.07 Å². The lowest BCUT2D eigenvalue weighted by Gasteiger charge is -2.41. The van der Waals surface area contributed by atoms with Crippen molar-refractivity contribution in [3.8, 4) is 17.4 Å². The Balaban J connectivity index is 1.38. The molecule has 1 fully saturated rings. The average molecular weight is 492 g/mol. The number of amidine groups is 1. The molecular weight excluding hydrogens is 458 g/mol. The molecule has 5 heteroatoms. The number of aryl methyl sites for hydroxylation is 2. The minimum Gasteiger partial charge on any atom is -0.506 e. The Morgan fingerprint density at radius 2 is 1.70 bits per heavy atom. The van der Waals surface area contributed by atoms with Crippen molar-refractivity contribution in [2.75, 3.05) is 4.90 Å². The van der Waals surface area contributed by atoms with Gasteiger partial charge in [-0.1, -0.05) is 56.3 Å². The monoisotopic (exact) mass is 491 g/mol. The molecule has 3 aromatic carbocycles. The largest absolute Gasteiger partial charge is 0.506 e. The van der Waals surface area contributed by atoms with Crippen molar-refractivity contribution in [2.24, 2.45) is 10.4 Å². The second kappa shape index (κ2) is 8.91. The summed E-state index contributed by atoms with van der Waals surface area (Å²) in [6.07, 6.45) is 3.40. The molecule has 2 aliphatic rings. The molecule has 0 saturated heterocycles. The number of rotatable bonds is 4. The number of hydrogen-bond donors (Lipinski definition) is 1. The molecule has 188 valence electrons. The van der Waals surface area contributed by atoms with Crippen LogP contribution < -0.4 is 9.64 Å². The van der Waals surface area contributed by atoms with Gasteiger partial charge in [0.15, 0.2) is 0 Å². The van der Waals surface area contributed by atoms with E-state index in [4.69, 9.17) is 9.73 Å². The number of aliphatic imine (C=N–C) groups is 1. The lowest BCUT2D eigenvalue weighted by Crippen LogP contribution is -2.46. The van der Waals surface area contributed by atoms with Crippen LogP contribution in [0.25, 0.3) is 10.9 Å². The van der Waals surface area contributed by atoms with Gasteiger partial charge in [0.2, 0.25) is 5.88 Å². The predicted octanol–water partition coefficient (Wildman–Crippen LogP) is 7.56. The Labute approximate surface area is 218 Å². The number of para-hydroxylation sites is 2. The Morgan fingerprint density at radius 3 is 2.51 bits per heavy atom. The van der Waals surface area contributed by atoms with E-state index in [0.717, 1.165) is 29.6 Å². The van der Waals surface area contributed by atoms with Gasteiger partial charge in [0, 0.05) is 22.7 Å². The Morgan fingerprint density at radius 1 is 0.946 bits per heavy atom. The first-order chi connectivity index (χ1) is 17.8. The highest BCUT2D eigenvalue weighted by molar-refractivity contribution is 6.12. The summed E-state index contributed by atoms with van der Waals surface area (Å²) in [6, 6.07) is 24.4. The van der Waals surface area contributed by atoms with E-state index in [0.29, 0.717) is 28.6 Å². The third kappa shape index (κ3) is 4.33. The minimum atomic E-state index is 0.145. The van der Waals surface area contributed by atoms with Crippen molar-refractivity contribution in [1.29, 1.82) is 0 Å². The van der Waals surface area contributed by atoms with Gasteiger partial charge in [0.1, 0.15) is 22.9 Å². The number of anilines is 1. The number of fused-ring (bicyclic) bond motifs is 2. The molecule has 5 nitrogen and oxygen atoms in total. The summed E-state index contributed by atoms with van der Waals surface area (Å²) in [5.74, 6) is 2.30. The third-order valence-corrected chi connectivity index (χ3v) is 7.84. The van der Waals surface area contributed by atoms with E-state index in [1.165, 1.54) is 23.2 Å². The predicted molar refractivity (Wildman–Crippen MR) is 150 cm³/mol. The normalized spacial score (nSPS) is 20.5. The molecule has 0 radical (unpaired) electrons. The van der Waals surface area contributed by atoms with Gasteiger partial charge < -0.3 is 14.7 Å². The summed E-state index contributed by atoms with van der Waals surface area (Å²) < 4.78 is 6.19. The number of aromatic nitrogens is 1. The van der Waals surface area contributed by atoms with Crippen LogP contribution in [-0.2, 0) is 0 Å². The molecule has 1 aliphatic heterocycles. The second-order valence-electron chi connectivity index (χ2n) is 11.2. The molecule has 6 rings (SSSR count). The topological polar surface area (TPSA) is 58.0 Å². The molecule has 0 bridgehead atoms. The van der Waals surface area contributed by atoms with Gasteiger partial charge in [-0.3, -0.25) is 4.99 Å². The van der Waals surface area contributed by atoms with Gasteiger partial charge in [0.25, 0.3) is 0 Å². The number of phenols is 1. The molecule has 0 unspecified atom stereocenters. The zero-order valence-electron chi connectivity index (χ0n) is 21.9. The van der Waals surface area contributed by atoms with Gasteiger partial charge in [-0.2, -0.15) is 0 Å². The zero-order valence-corrected chi connectivity index (χ0v) is 21.9. The fourth-order valence-corrected chi connectivity index (χ4v) is 5.99. The van der Waals surface area contributed by atoms with Gasteiger partial charge in [-0.15, -0.1) is 0 Å². The quantitative estimate of drug-likeness (QED) is 0.320. The molecule has 4 aromatic rings. The van der Waals surface area contributed by atoms with Crippen molar-refractivity contribution in [1.82, 2.24) is 4.98 Å². The number of nitrogens with zero attached hydrogens (tertiary/aromatic N) is 3. The van der Waals surface area contributed by atoms with E-state index in [1.807, 2.05) is 36.4 Å². The van der Waals surface area contributed by atoms with Crippen LogP contribution in [0.2, 0.25) is 0 Å². The number of benzene rings is 3. The summed E-state index contributed by atoms with van der Waals surface area (Å²) in [7, 11) is 0. The zero-order chi connectivity index (χ0) is 25.7. The van der Waals surface area contributed by atoms with Crippen LogP contribution in [0.3, 0.4) is 0 Å². The first-order valence-corrected chi connectivity index (χ1v) is 13.1. The second-order valence-corrected chi connectivity index (χ2v) is 11.2. The summed E-state index contributed by atoms with van der Waals surface area (Å²) in [6.45, 7) is 9.16. The van der Waals surface area contributed by atoms with Gasteiger partial charge in [-0.05, 0) is 73.9 Å². The molecule has 2 heterocycles. The van der Waals surface area contributed by atoms with E-state index in [-0.39, 0.29) is 11.8 Å². The summed E-state index contributed by atoms with van der Waals surface area (Å²) in [4.78, 5) is 12.4. The fourth-order valence-electron chi connectivity index (χ4n) is 5.99. The van der Waals surface area contributed by atoms with Crippen molar-refractivity contribution >= 4 is 22.4 Å². The number of aromatic hydroxyl groups is 1. The number of phenolic OH excluding ortho intramolecular Hbond substituents is 1. The van der Waals surface area contributed by atoms with E-state index < -0.39 is 0 Å². The molecule has 1 aliphatic carbocycles. The molecule has 1 aromatic heterocycles. The fraction of sp³-hybridized carbons (Fsp3) is 0.312. The SMILES string of the molecule is Cc1cccc(C)c1N1C(c2cccc(Oc3ccc4cccc(O)c4n3)c2)=N[C@H]2CCC(C)(C)C[C@@H]21. The van der Waals surface area contributed by atoms with Crippen LogP contribution in [0.5, 0.6) is 17.4 Å². The maximum absolute atomic E-state index is 10.2. The Hall–Kier alpha value is -3.86. The van der Waals surface area contributed by atoms with Crippen molar-refractivity contribution in [3.63, 3.8) is 0 Å².